The summed E-state index contributed by atoms with van der Waals surface area (Å²) in [5.74, 6) is -1.16. The van der Waals surface area contributed by atoms with Crippen LogP contribution in [0, 0.1) is 0 Å². The van der Waals surface area contributed by atoms with Gasteiger partial charge in [-0.2, -0.15) is 0 Å². The molecule has 5 nitrogen and oxygen atoms in total. The Balaban J connectivity index is 2.26. The van der Waals surface area contributed by atoms with Crippen LogP contribution in [0.15, 0.2) is 24.3 Å². The van der Waals surface area contributed by atoms with E-state index in [4.69, 9.17) is 0 Å². The summed E-state index contributed by atoms with van der Waals surface area (Å²) in [5.41, 5.74) is 0.190. The maximum absolute atomic E-state index is 12.2. The van der Waals surface area contributed by atoms with Crippen LogP contribution in [0.1, 0.15) is 13.3 Å². The number of rotatable bonds is 3. The lowest BCUT2D eigenvalue weighted by atomic mass is 10.1. The third kappa shape index (κ3) is 3.65. The van der Waals surface area contributed by atoms with E-state index in [1.54, 1.807) is 6.92 Å². The fraction of sp³-hybridized carbons (Fsp3) is 0.385. The average molecular weight is 302 g/mol. The molecule has 0 aliphatic carbocycles. The highest BCUT2D eigenvalue weighted by molar-refractivity contribution is 6.06. The Hall–Kier alpha value is -2.25. The number of hydrogen-bond acceptors (Lipinski definition) is 3. The number of benzene rings is 1. The second kappa shape index (κ2) is 5.63. The zero-order chi connectivity index (χ0) is 15.6. The normalized spacial score (nSPS) is 19.4. The van der Waals surface area contributed by atoms with Crippen molar-refractivity contribution >= 4 is 17.5 Å². The van der Waals surface area contributed by atoms with Crippen molar-refractivity contribution in [3.63, 3.8) is 0 Å². The highest BCUT2D eigenvalue weighted by atomic mass is 19.4. The third-order valence-electron chi connectivity index (χ3n) is 2.97. The molecule has 1 aromatic rings. The molecule has 21 heavy (non-hydrogen) atoms. The van der Waals surface area contributed by atoms with Crippen LogP contribution < -0.4 is 15.0 Å². The Labute approximate surface area is 118 Å². The molecule has 0 radical (unpaired) electrons. The van der Waals surface area contributed by atoms with Gasteiger partial charge in [-0.05, 0) is 18.6 Å². The summed E-state index contributed by atoms with van der Waals surface area (Å²) in [4.78, 5) is 24.9. The SMILES string of the molecule is CCC1NC(=O)CN(c2cccc(OC(F)(F)F)c2)C1=O. The number of alkyl halides is 3. The summed E-state index contributed by atoms with van der Waals surface area (Å²) < 4.78 is 40.4. The molecule has 1 N–H and O–H groups in total. The first-order valence-corrected chi connectivity index (χ1v) is 6.26. The predicted molar refractivity (Wildman–Crippen MR) is 67.7 cm³/mol. The summed E-state index contributed by atoms with van der Waals surface area (Å²) in [7, 11) is 0. The molecule has 2 rings (SSSR count). The van der Waals surface area contributed by atoms with Crippen LogP contribution in [-0.4, -0.2) is 30.8 Å². The summed E-state index contributed by atoms with van der Waals surface area (Å²) in [5, 5.41) is 2.53. The van der Waals surface area contributed by atoms with Gasteiger partial charge in [0, 0.05) is 11.8 Å². The molecule has 1 atom stereocenters. The minimum Gasteiger partial charge on any atom is -0.406 e. The molecule has 0 bridgehead atoms. The number of nitrogens with one attached hydrogen (secondary N) is 1. The van der Waals surface area contributed by atoms with Gasteiger partial charge in [0.15, 0.2) is 0 Å². The zero-order valence-electron chi connectivity index (χ0n) is 11.1. The minimum atomic E-state index is -4.81. The lowest BCUT2D eigenvalue weighted by Crippen LogP contribution is -2.58. The second-order valence-electron chi connectivity index (χ2n) is 4.50. The molecular weight excluding hydrogens is 289 g/mol. The first-order valence-electron chi connectivity index (χ1n) is 6.26. The van der Waals surface area contributed by atoms with Crippen molar-refractivity contribution in [1.29, 1.82) is 0 Å². The fourth-order valence-corrected chi connectivity index (χ4v) is 2.06. The van der Waals surface area contributed by atoms with E-state index in [1.807, 2.05) is 0 Å². The first-order chi connectivity index (χ1) is 9.80. The van der Waals surface area contributed by atoms with E-state index in [0.717, 1.165) is 17.0 Å². The number of halogens is 3. The Kier molecular flexibility index (Phi) is 4.06. The third-order valence-corrected chi connectivity index (χ3v) is 2.97. The topological polar surface area (TPSA) is 58.6 Å². The van der Waals surface area contributed by atoms with Crippen LogP contribution in [0.5, 0.6) is 5.75 Å². The Bertz CT molecular complexity index is 560. The highest BCUT2D eigenvalue weighted by Gasteiger charge is 2.34. The molecule has 8 heteroatoms. The summed E-state index contributed by atoms with van der Waals surface area (Å²) in [6, 6.07) is 4.32. The highest BCUT2D eigenvalue weighted by Crippen LogP contribution is 2.27. The van der Waals surface area contributed by atoms with E-state index in [2.05, 4.69) is 10.1 Å². The monoisotopic (exact) mass is 302 g/mol. The second-order valence-corrected chi connectivity index (χ2v) is 4.50. The molecule has 1 unspecified atom stereocenters. The van der Waals surface area contributed by atoms with E-state index in [0.29, 0.717) is 6.42 Å². The van der Waals surface area contributed by atoms with Crippen molar-refractivity contribution in [3.05, 3.63) is 24.3 Å². The van der Waals surface area contributed by atoms with E-state index < -0.39 is 18.2 Å². The van der Waals surface area contributed by atoms with E-state index in [9.17, 15) is 22.8 Å². The Morgan fingerprint density at radius 3 is 2.71 bits per heavy atom. The molecule has 2 amide bonds. The van der Waals surface area contributed by atoms with Gasteiger partial charge in [-0.25, -0.2) is 0 Å². The maximum atomic E-state index is 12.2. The molecular formula is C13H13F3N2O3. The van der Waals surface area contributed by atoms with Gasteiger partial charge in [-0.3, -0.25) is 9.59 Å². The van der Waals surface area contributed by atoms with Crippen LogP contribution in [0.3, 0.4) is 0 Å². The van der Waals surface area contributed by atoms with Gasteiger partial charge in [-0.1, -0.05) is 13.0 Å². The molecule has 114 valence electrons. The molecule has 1 heterocycles. The van der Waals surface area contributed by atoms with Gasteiger partial charge < -0.3 is 15.0 Å². The lowest BCUT2D eigenvalue weighted by Gasteiger charge is -2.32. The van der Waals surface area contributed by atoms with Crippen LogP contribution in [0.25, 0.3) is 0 Å². The van der Waals surface area contributed by atoms with E-state index in [1.165, 1.54) is 12.1 Å². The van der Waals surface area contributed by atoms with Gasteiger partial charge >= 0.3 is 6.36 Å². The number of piperazine rings is 1. The van der Waals surface area contributed by atoms with Crippen molar-refractivity contribution in [3.8, 4) is 5.75 Å². The minimum absolute atomic E-state index is 0.190. The number of nitrogens with zero attached hydrogens (tertiary/aromatic N) is 1. The number of hydrogen-bond donors (Lipinski definition) is 1. The number of anilines is 1. The fourth-order valence-electron chi connectivity index (χ4n) is 2.06. The van der Waals surface area contributed by atoms with Gasteiger partial charge in [0.05, 0.1) is 0 Å². The smallest absolute Gasteiger partial charge is 0.406 e. The van der Waals surface area contributed by atoms with Gasteiger partial charge in [-0.15, -0.1) is 13.2 Å². The van der Waals surface area contributed by atoms with Gasteiger partial charge in [0.1, 0.15) is 18.3 Å². The maximum Gasteiger partial charge on any atom is 0.573 e. The van der Waals surface area contributed by atoms with Crippen LogP contribution >= 0.6 is 0 Å². The zero-order valence-corrected chi connectivity index (χ0v) is 11.1. The van der Waals surface area contributed by atoms with Crippen molar-refractivity contribution < 1.29 is 27.5 Å². The lowest BCUT2D eigenvalue weighted by molar-refractivity contribution is -0.274. The average Bonchev–Trinajstić information content (AvgIpc) is 2.39. The molecule has 0 spiro atoms. The van der Waals surface area contributed by atoms with Crippen molar-refractivity contribution in [1.82, 2.24) is 5.32 Å². The molecule has 1 aliphatic rings. The number of ether oxygens (including phenoxy) is 1. The standard InChI is InChI=1S/C13H13F3N2O3/c1-2-10-12(20)18(7-11(19)17-10)8-4-3-5-9(6-8)21-13(14,15)16/h3-6,10H,2,7H2,1H3,(H,17,19). The Morgan fingerprint density at radius 1 is 1.38 bits per heavy atom. The predicted octanol–water partition coefficient (Wildman–Crippen LogP) is 1.83. The van der Waals surface area contributed by atoms with Gasteiger partial charge in [0.25, 0.3) is 0 Å². The van der Waals surface area contributed by atoms with Crippen molar-refractivity contribution in [2.24, 2.45) is 0 Å². The van der Waals surface area contributed by atoms with E-state index >= 15 is 0 Å². The number of amides is 2. The Morgan fingerprint density at radius 2 is 2.10 bits per heavy atom. The van der Waals surface area contributed by atoms with Gasteiger partial charge in [0.2, 0.25) is 11.8 Å². The summed E-state index contributed by atoms with van der Waals surface area (Å²) in [6.45, 7) is 1.50. The summed E-state index contributed by atoms with van der Waals surface area (Å²) in [6.07, 6.45) is -4.41. The summed E-state index contributed by atoms with van der Waals surface area (Å²) >= 11 is 0. The molecule has 1 aromatic carbocycles. The molecule has 0 aromatic heterocycles. The van der Waals surface area contributed by atoms with Crippen LogP contribution in [0.4, 0.5) is 18.9 Å². The number of carbonyl (C=O) groups is 2. The number of carbonyl (C=O) groups excluding carboxylic acids is 2. The molecule has 0 saturated carbocycles. The van der Waals surface area contributed by atoms with Crippen molar-refractivity contribution in [2.45, 2.75) is 25.7 Å². The largest absolute Gasteiger partial charge is 0.573 e. The molecule has 1 saturated heterocycles. The quantitative estimate of drug-likeness (QED) is 0.926. The van der Waals surface area contributed by atoms with E-state index in [-0.39, 0.29) is 24.0 Å². The first kappa shape index (κ1) is 15.1. The molecule has 1 aliphatic heterocycles. The van der Waals surface area contributed by atoms with Crippen molar-refractivity contribution in [2.75, 3.05) is 11.4 Å². The molecule has 1 fully saturated rings. The van der Waals surface area contributed by atoms with Crippen LogP contribution in [0.2, 0.25) is 0 Å². The van der Waals surface area contributed by atoms with Crippen LogP contribution in [-0.2, 0) is 9.59 Å².